The lowest BCUT2D eigenvalue weighted by molar-refractivity contribution is -0.784. The maximum Gasteiger partial charge on any atom is 0.221 e. The van der Waals surface area contributed by atoms with E-state index in [2.05, 4.69) is 4.99 Å². The molecule has 1 unspecified atom stereocenters. The number of halogens is 1. The van der Waals surface area contributed by atoms with Gasteiger partial charge >= 0.3 is 0 Å². The van der Waals surface area contributed by atoms with Gasteiger partial charge in [0, 0.05) is 19.0 Å². The number of hydrogen-bond acceptors (Lipinski definition) is 4. The second-order valence-corrected chi connectivity index (χ2v) is 4.59. The molecule has 1 atom stereocenters. The highest BCUT2D eigenvalue weighted by Crippen LogP contribution is 2.25. The molecule has 0 saturated carbocycles. The second-order valence-electron chi connectivity index (χ2n) is 3.77. The fourth-order valence-electron chi connectivity index (χ4n) is 1.84. The Hall–Kier alpha value is -0.430. The van der Waals surface area contributed by atoms with Crippen LogP contribution in [0.15, 0.2) is 16.1 Å². The Bertz CT molecular complexity index is 320. The van der Waals surface area contributed by atoms with Crippen LogP contribution < -0.4 is 0 Å². The number of amidine groups is 1. The first-order chi connectivity index (χ1) is 7.14. The largest absolute Gasteiger partial charge is 0.626 e. The molecule has 0 aromatic carbocycles. The molecule has 2 rings (SSSR count). The highest BCUT2D eigenvalue weighted by molar-refractivity contribution is 8.02. The van der Waals surface area contributed by atoms with Crippen LogP contribution >= 0.6 is 11.8 Å². The predicted octanol–water partition coefficient (Wildman–Crippen LogP) is 1.51. The third-order valence-electron chi connectivity index (χ3n) is 2.71. The number of aliphatic imine (C=N–C) groups is 1. The average molecular weight is 231 g/mol. The third kappa shape index (κ3) is 2.23. The van der Waals surface area contributed by atoms with Crippen molar-refractivity contribution in [3.63, 3.8) is 0 Å². The maximum absolute atomic E-state index is 13.2. The molecule has 0 N–H and O–H groups in total. The van der Waals surface area contributed by atoms with Crippen molar-refractivity contribution in [3.8, 4) is 0 Å². The van der Waals surface area contributed by atoms with Crippen molar-refractivity contribution < 1.29 is 9.13 Å². The van der Waals surface area contributed by atoms with Gasteiger partial charge in [0.15, 0.2) is 0 Å². The van der Waals surface area contributed by atoms with Crippen LogP contribution in [-0.2, 0) is 0 Å². The van der Waals surface area contributed by atoms with Crippen LogP contribution in [0.1, 0.15) is 6.42 Å². The molecule has 2 aliphatic heterocycles. The number of nitrogens with zero attached hydrogens (tertiary/aromatic N) is 3. The quantitative estimate of drug-likeness (QED) is 0.390. The minimum atomic E-state index is -0.468. The lowest BCUT2D eigenvalue weighted by Crippen LogP contribution is -2.51. The molecule has 6 heteroatoms. The Labute approximate surface area is 92.6 Å². The van der Waals surface area contributed by atoms with E-state index in [1.54, 1.807) is 0 Å². The number of hydrogen-bond donors (Lipinski definition) is 0. The van der Waals surface area contributed by atoms with Gasteiger partial charge in [-0.05, 0) is 6.26 Å². The summed E-state index contributed by atoms with van der Waals surface area (Å²) in [5.74, 6) is 0.404. The summed E-state index contributed by atoms with van der Waals surface area (Å²) in [6.45, 7) is 1.19. The summed E-state index contributed by atoms with van der Waals surface area (Å²) in [6, 6.07) is 0. The first kappa shape index (κ1) is 11.1. The summed E-state index contributed by atoms with van der Waals surface area (Å²) in [7, 11) is 0. The van der Waals surface area contributed by atoms with E-state index in [1.807, 2.05) is 12.3 Å². The Balaban J connectivity index is 2.25. The zero-order valence-corrected chi connectivity index (χ0v) is 9.47. The summed E-state index contributed by atoms with van der Waals surface area (Å²) in [4.78, 5) is 4.22. The molecule has 0 aliphatic carbocycles. The molecule has 2 heterocycles. The van der Waals surface area contributed by atoms with Gasteiger partial charge in [-0.2, -0.15) is 4.99 Å². The van der Waals surface area contributed by atoms with Crippen molar-refractivity contribution in [3.05, 3.63) is 16.3 Å². The fraction of sp³-hybridized carbons (Fsp3) is 0.667. The second kappa shape index (κ2) is 4.21. The zero-order valence-electron chi connectivity index (χ0n) is 8.65. The van der Waals surface area contributed by atoms with E-state index in [4.69, 9.17) is 0 Å². The number of fused-ring (bicyclic) bond motifs is 1. The van der Waals surface area contributed by atoms with Crippen molar-refractivity contribution in [2.24, 2.45) is 4.99 Å². The van der Waals surface area contributed by atoms with E-state index in [0.29, 0.717) is 37.0 Å². The Kier molecular flexibility index (Phi) is 3.11. The number of thioether (sulfide) groups is 1. The summed E-state index contributed by atoms with van der Waals surface area (Å²) in [5, 5.41) is 13.8. The molecule has 84 valence electrons. The summed E-state index contributed by atoms with van der Waals surface area (Å²) >= 11 is 1.49. The number of rotatable bonds is 1. The normalized spacial score (nSPS) is 32.7. The molecular formula is C9H14FN3OS. The van der Waals surface area contributed by atoms with Gasteiger partial charge in [-0.25, -0.2) is 0 Å². The monoisotopic (exact) mass is 231 g/mol. The lowest BCUT2D eigenvalue weighted by Gasteiger charge is -2.42. The molecule has 0 spiro atoms. The van der Waals surface area contributed by atoms with Crippen molar-refractivity contribution in [1.82, 2.24) is 5.12 Å². The van der Waals surface area contributed by atoms with E-state index in [9.17, 15) is 9.69 Å². The predicted molar refractivity (Wildman–Crippen MR) is 59.7 cm³/mol. The van der Waals surface area contributed by atoms with Gasteiger partial charge < -0.3 is 9.85 Å². The van der Waals surface area contributed by atoms with Gasteiger partial charge in [0.25, 0.3) is 0 Å². The molecule has 0 aromatic heterocycles. The van der Waals surface area contributed by atoms with Gasteiger partial charge in [0.2, 0.25) is 5.84 Å². The molecule has 15 heavy (non-hydrogen) atoms. The third-order valence-corrected chi connectivity index (χ3v) is 3.39. The zero-order chi connectivity index (χ0) is 10.9. The van der Waals surface area contributed by atoms with Crippen LogP contribution in [-0.4, -0.2) is 48.0 Å². The summed E-state index contributed by atoms with van der Waals surface area (Å²) < 4.78 is 12.7. The van der Waals surface area contributed by atoms with Gasteiger partial charge in [0.05, 0.1) is 6.54 Å². The highest BCUT2D eigenvalue weighted by Gasteiger charge is 2.32. The fourth-order valence-corrected chi connectivity index (χ4v) is 2.28. The standard InChI is InChI=1S/C9H14FN3OS/c1-15-9-3-6-13(14)5-2-4-12(10)7-8(13)11-9/h3H,2,4-7H2,1H3. The van der Waals surface area contributed by atoms with Crippen LogP contribution in [0.25, 0.3) is 0 Å². The average Bonchev–Trinajstić information content (AvgIpc) is 2.35. The first-order valence-electron chi connectivity index (χ1n) is 4.95. The van der Waals surface area contributed by atoms with Crippen molar-refractivity contribution in [2.75, 3.05) is 32.4 Å². The van der Waals surface area contributed by atoms with Crippen molar-refractivity contribution >= 4 is 17.6 Å². The van der Waals surface area contributed by atoms with E-state index in [-0.39, 0.29) is 6.54 Å². The van der Waals surface area contributed by atoms with Gasteiger partial charge in [-0.3, -0.25) is 0 Å². The van der Waals surface area contributed by atoms with E-state index in [0.717, 1.165) is 5.03 Å². The molecular weight excluding hydrogens is 217 g/mol. The molecule has 0 radical (unpaired) electrons. The van der Waals surface area contributed by atoms with Crippen LogP contribution in [0.3, 0.4) is 0 Å². The SMILES string of the molecule is CSC1=CC[N+]2([O-])CCCN(F)CC2=N1. The Morgan fingerprint density at radius 1 is 1.67 bits per heavy atom. The summed E-state index contributed by atoms with van der Waals surface area (Å²) in [5.41, 5.74) is 0. The molecule has 4 nitrogen and oxygen atoms in total. The van der Waals surface area contributed by atoms with Crippen LogP contribution in [0, 0.1) is 5.21 Å². The minimum Gasteiger partial charge on any atom is -0.626 e. The molecule has 1 fully saturated rings. The highest BCUT2D eigenvalue weighted by atomic mass is 32.2. The molecule has 1 saturated heterocycles. The number of hydroxylamine groups is 3. The van der Waals surface area contributed by atoms with Crippen LogP contribution in [0.4, 0.5) is 4.48 Å². The van der Waals surface area contributed by atoms with E-state index in [1.165, 1.54) is 11.8 Å². The van der Waals surface area contributed by atoms with Gasteiger partial charge in [-0.15, -0.1) is 21.4 Å². The molecule has 0 aromatic rings. The van der Waals surface area contributed by atoms with Crippen LogP contribution in [0.5, 0.6) is 0 Å². The van der Waals surface area contributed by atoms with Gasteiger partial charge in [-0.1, -0.05) is 0 Å². The van der Waals surface area contributed by atoms with Crippen molar-refractivity contribution in [2.45, 2.75) is 6.42 Å². The maximum atomic E-state index is 13.2. The minimum absolute atomic E-state index is 0.0431. The molecule has 0 amide bonds. The summed E-state index contributed by atoms with van der Waals surface area (Å²) in [6.07, 6.45) is 4.33. The Morgan fingerprint density at radius 3 is 3.20 bits per heavy atom. The topological polar surface area (TPSA) is 38.7 Å². The molecule has 2 aliphatic rings. The van der Waals surface area contributed by atoms with Crippen LogP contribution in [0.2, 0.25) is 0 Å². The Morgan fingerprint density at radius 2 is 2.47 bits per heavy atom. The van der Waals surface area contributed by atoms with Gasteiger partial charge in [0.1, 0.15) is 18.1 Å². The van der Waals surface area contributed by atoms with E-state index < -0.39 is 4.65 Å². The lowest BCUT2D eigenvalue weighted by atomic mass is 10.3. The first-order valence-corrected chi connectivity index (χ1v) is 6.17. The number of quaternary nitrogens is 1. The van der Waals surface area contributed by atoms with Crippen molar-refractivity contribution in [1.29, 1.82) is 0 Å². The molecule has 0 bridgehead atoms. The smallest absolute Gasteiger partial charge is 0.221 e. The van der Waals surface area contributed by atoms with E-state index >= 15 is 0 Å².